The van der Waals surface area contributed by atoms with Gasteiger partial charge in [-0.15, -0.1) is 0 Å². The lowest BCUT2D eigenvalue weighted by Crippen LogP contribution is -2.40. The van der Waals surface area contributed by atoms with Gasteiger partial charge in [0.15, 0.2) is 0 Å². The highest BCUT2D eigenvalue weighted by atomic mass is 16.1. The van der Waals surface area contributed by atoms with Gasteiger partial charge in [0.05, 0.1) is 0 Å². The Morgan fingerprint density at radius 1 is 1.24 bits per heavy atom. The van der Waals surface area contributed by atoms with Crippen LogP contribution in [0.15, 0.2) is 10.9 Å². The summed E-state index contributed by atoms with van der Waals surface area (Å²) in [7, 11) is 0. The van der Waals surface area contributed by atoms with Crippen LogP contribution in [0.5, 0.6) is 0 Å². The molecule has 0 spiro atoms. The summed E-state index contributed by atoms with van der Waals surface area (Å²) < 4.78 is 0. The molecule has 0 amide bonds. The molecule has 0 bridgehead atoms. The molecule has 4 heteroatoms. The normalized spacial score (nSPS) is 21.5. The fourth-order valence-corrected chi connectivity index (χ4v) is 3.98. The van der Waals surface area contributed by atoms with E-state index in [0.29, 0.717) is 22.7 Å². The van der Waals surface area contributed by atoms with E-state index in [1.165, 1.54) is 6.42 Å². The van der Waals surface area contributed by atoms with E-state index in [1.54, 1.807) is 6.07 Å². The molecule has 0 unspecified atom stereocenters. The molecule has 0 aromatic carbocycles. The smallest absolute Gasteiger partial charge is 0.252 e. The van der Waals surface area contributed by atoms with Crippen LogP contribution in [0.1, 0.15) is 72.5 Å². The second kappa shape index (κ2) is 5.47. The van der Waals surface area contributed by atoms with Crippen molar-refractivity contribution in [2.24, 2.45) is 10.8 Å². The number of nitrogens with zero attached hydrogens (tertiary/aromatic N) is 1. The summed E-state index contributed by atoms with van der Waals surface area (Å²) in [5.74, 6) is 1.68. The van der Waals surface area contributed by atoms with Gasteiger partial charge in [0.2, 0.25) is 0 Å². The summed E-state index contributed by atoms with van der Waals surface area (Å²) in [6.45, 7) is 13.4. The Balaban J connectivity index is 2.20. The highest BCUT2D eigenvalue weighted by molar-refractivity contribution is 5.35. The second-order valence-electron chi connectivity index (χ2n) is 8.43. The third-order valence-electron chi connectivity index (χ3n) is 4.21. The van der Waals surface area contributed by atoms with Gasteiger partial charge in [-0.2, -0.15) is 0 Å². The average molecular weight is 291 g/mol. The van der Waals surface area contributed by atoms with E-state index < -0.39 is 0 Å². The van der Waals surface area contributed by atoms with Crippen LogP contribution in [0.3, 0.4) is 0 Å². The van der Waals surface area contributed by atoms with Crippen molar-refractivity contribution < 1.29 is 0 Å². The van der Waals surface area contributed by atoms with Crippen LogP contribution in [-0.4, -0.2) is 16.0 Å². The van der Waals surface area contributed by atoms with Gasteiger partial charge in [-0.05, 0) is 30.1 Å². The van der Waals surface area contributed by atoms with Crippen LogP contribution in [0.2, 0.25) is 0 Å². The predicted octanol–water partition coefficient (Wildman–Crippen LogP) is 3.91. The maximum Gasteiger partial charge on any atom is 0.252 e. The van der Waals surface area contributed by atoms with Gasteiger partial charge < -0.3 is 10.3 Å². The number of aromatic amines is 1. The van der Waals surface area contributed by atoms with E-state index in [1.807, 2.05) is 13.8 Å². The monoisotopic (exact) mass is 291 g/mol. The predicted molar refractivity (Wildman–Crippen MR) is 87.8 cm³/mol. The zero-order chi connectivity index (χ0) is 15.8. The van der Waals surface area contributed by atoms with Crippen LogP contribution in [-0.2, 0) is 0 Å². The molecule has 0 radical (unpaired) electrons. The molecule has 1 aliphatic carbocycles. The van der Waals surface area contributed by atoms with Gasteiger partial charge in [0.1, 0.15) is 11.6 Å². The number of rotatable bonds is 3. The number of hydrogen-bond donors (Lipinski definition) is 2. The molecule has 1 aliphatic rings. The van der Waals surface area contributed by atoms with Crippen molar-refractivity contribution in [3.8, 4) is 0 Å². The fourth-order valence-electron chi connectivity index (χ4n) is 3.98. The highest BCUT2D eigenvalue weighted by Gasteiger charge is 2.38. The maximum absolute atomic E-state index is 11.8. The van der Waals surface area contributed by atoms with E-state index >= 15 is 0 Å². The number of H-pyrrole nitrogens is 1. The molecule has 0 aliphatic heterocycles. The largest absolute Gasteiger partial charge is 0.367 e. The van der Waals surface area contributed by atoms with E-state index in [9.17, 15) is 4.79 Å². The molecule has 0 saturated heterocycles. The van der Waals surface area contributed by atoms with Gasteiger partial charge in [0, 0.05) is 18.0 Å². The van der Waals surface area contributed by atoms with Gasteiger partial charge in [0.25, 0.3) is 5.56 Å². The average Bonchev–Trinajstić information content (AvgIpc) is 2.22. The lowest BCUT2D eigenvalue weighted by atomic mass is 9.63. The molecule has 1 saturated carbocycles. The summed E-state index contributed by atoms with van der Waals surface area (Å²) >= 11 is 0. The minimum Gasteiger partial charge on any atom is -0.367 e. The molecule has 0 atom stereocenters. The van der Waals surface area contributed by atoms with Crippen molar-refractivity contribution in [2.45, 2.75) is 72.8 Å². The quantitative estimate of drug-likeness (QED) is 0.887. The summed E-state index contributed by atoms with van der Waals surface area (Å²) in [6, 6.07) is 1.94. The van der Waals surface area contributed by atoms with Crippen molar-refractivity contribution >= 4 is 5.82 Å². The van der Waals surface area contributed by atoms with Crippen LogP contribution in [0.4, 0.5) is 5.82 Å². The first-order chi connectivity index (χ1) is 9.56. The van der Waals surface area contributed by atoms with Gasteiger partial charge in [-0.1, -0.05) is 41.5 Å². The number of nitrogens with one attached hydrogen (secondary N) is 2. The third kappa shape index (κ3) is 4.32. The molecular formula is C17H29N3O. The van der Waals surface area contributed by atoms with Crippen molar-refractivity contribution in [3.63, 3.8) is 0 Å². The Labute approximate surface area is 127 Å². The third-order valence-corrected chi connectivity index (χ3v) is 4.21. The Bertz CT molecular complexity index is 541. The summed E-state index contributed by atoms with van der Waals surface area (Å²) in [4.78, 5) is 19.1. The second-order valence-corrected chi connectivity index (χ2v) is 8.43. The summed E-state index contributed by atoms with van der Waals surface area (Å²) in [6.07, 6.45) is 3.46. The van der Waals surface area contributed by atoms with Crippen molar-refractivity contribution in [1.82, 2.24) is 9.97 Å². The van der Waals surface area contributed by atoms with Crippen LogP contribution < -0.4 is 10.9 Å². The van der Waals surface area contributed by atoms with Crippen LogP contribution in [0.25, 0.3) is 0 Å². The summed E-state index contributed by atoms with van der Waals surface area (Å²) in [5, 5.41) is 3.50. The lowest BCUT2D eigenvalue weighted by molar-refractivity contribution is 0.105. The standard InChI is InChI=1S/C17H29N3O/c1-11(2)15-19-13(7-14(21)20-15)18-12-8-16(3,4)10-17(5,6)9-12/h7,11-12H,8-10H2,1-6H3,(H2,18,19,20,21). The molecule has 118 valence electrons. The first-order valence-electron chi connectivity index (χ1n) is 7.94. The maximum atomic E-state index is 11.8. The number of aromatic nitrogens is 2. The SMILES string of the molecule is CC(C)c1nc(NC2CC(C)(C)CC(C)(C)C2)cc(=O)[nH]1. The number of hydrogen-bond acceptors (Lipinski definition) is 3. The first kappa shape index (κ1) is 16.1. The Kier molecular flexibility index (Phi) is 4.18. The van der Waals surface area contributed by atoms with Gasteiger partial charge in [-0.25, -0.2) is 4.98 Å². The lowest BCUT2D eigenvalue weighted by Gasteiger charge is -2.45. The molecule has 1 aromatic rings. The zero-order valence-electron chi connectivity index (χ0n) is 14.2. The minimum absolute atomic E-state index is 0.0782. The zero-order valence-corrected chi connectivity index (χ0v) is 14.2. The van der Waals surface area contributed by atoms with Gasteiger partial charge >= 0.3 is 0 Å². The Morgan fingerprint density at radius 3 is 2.33 bits per heavy atom. The highest BCUT2D eigenvalue weighted by Crippen LogP contribution is 2.46. The van der Waals surface area contributed by atoms with Crippen molar-refractivity contribution in [1.29, 1.82) is 0 Å². The molecular weight excluding hydrogens is 262 g/mol. The minimum atomic E-state index is -0.0782. The molecule has 1 fully saturated rings. The van der Waals surface area contributed by atoms with Crippen LogP contribution >= 0.6 is 0 Å². The van der Waals surface area contributed by atoms with E-state index in [2.05, 4.69) is 43.0 Å². The molecule has 1 aromatic heterocycles. The Hall–Kier alpha value is -1.32. The van der Waals surface area contributed by atoms with Gasteiger partial charge in [-0.3, -0.25) is 4.79 Å². The number of anilines is 1. The van der Waals surface area contributed by atoms with E-state index in [0.717, 1.165) is 18.7 Å². The first-order valence-corrected chi connectivity index (χ1v) is 7.94. The van der Waals surface area contributed by atoms with E-state index in [4.69, 9.17) is 0 Å². The Morgan fingerprint density at radius 2 is 1.81 bits per heavy atom. The molecule has 2 rings (SSSR count). The van der Waals surface area contributed by atoms with Crippen molar-refractivity contribution in [2.75, 3.05) is 5.32 Å². The molecule has 2 N–H and O–H groups in total. The molecule has 21 heavy (non-hydrogen) atoms. The van der Waals surface area contributed by atoms with E-state index in [-0.39, 0.29) is 11.5 Å². The molecule has 4 nitrogen and oxygen atoms in total. The topological polar surface area (TPSA) is 57.8 Å². The molecule has 1 heterocycles. The summed E-state index contributed by atoms with van der Waals surface area (Å²) in [5.41, 5.74) is 0.564. The van der Waals surface area contributed by atoms with Crippen molar-refractivity contribution in [3.05, 3.63) is 22.2 Å². The fraction of sp³-hybridized carbons (Fsp3) is 0.765. The van der Waals surface area contributed by atoms with Crippen LogP contribution in [0, 0.1) is 10.8 Å².